The van der Waals surface area contributed by atoms with Crippen molar-refractivity contribution in [2.45, 2.75) is 68.6 Å². The molecule has 0 aliphatic heterocycles. The maximum absolute atomic E-state index is 4.45. The minimum atomic E-state index is 0.615. The minimum Gasteiger partial charge on any atom is -0.317 e. The Bertz CT molecular complexity index is 423. The van der Waals surface area contributed by atoms with Crippen LogP contribution in [-0.2, 0) is 0 Å². The van der Waals surface area contributed by atoms with Crippen LogP contribution in [0.1, 0.15) is 63.2 Å². The van der Waals surface area contributed by atoms with Crippen molar-refractivity contribution in [2.24, 2.45) is 0 Å². The predicted molar refractivity (Wildman–Crippen MR) is 78.7 cm³/mol. The zero-order valence-corrected chi connectivity index (χ0v) is 12.7. The van der Waals surface area contributed by atoms with Gasteiger partial charge in [-0.15, -0.1) is 10.2 Å². The molecule has 1 unspecified atom stereocenters. The summed E-state index contributed by atoms with van der Waals surface area (Å²) < 4.78 is 2.45. The van der Waals surface area contributed by atoms with E-state index in [-0.39, 0.29) is 0 Å². The van der Waals surface area contributed by atoms with Gasteiger partial charge in [0.05, 0.1) is 0 Å². The van der Waals surface area contributed by atoms with Gasteiger partial charge in [-0.25, -0.2) is 0 Å². The third-order valence-corrected chi connectivity index (χ3v) is 5.08. The van der Waals surface area contributed by atoms with Crippen LogP contribution >= 0.6 is 11.8 Å². The largest absolute Gasteiger partial charge is 0.317 e. The zero-order valence-electron chi connectivity index (χ0n) is 11.9. The molecule has 19 heavy (non-hydrogen) atoms. The minimum absolute atomic E-state index is 0.615. The van der Waals surface area contributed by atoms with Crippen LogP contribution in [0.15, 0.2) is 5.16 Å². The van der Waals surface area contributed by atoms with E-state index in [9.17, 15) is 0 Å². The van der Waals surface area contributed by atoms with Crippen molar-refractivity contribution >= 4 is 11.8 Å². The van der Waals surface area contributed by atoms with Crippen molar-refractivity contribution in [3.63, 3.8) is 0 Å². The second-order valence-corrected chi connectivity index (χ2v) is 6.96. The Morgan fingerprint density at radius 1 is 1.32 bits per heavy atom. The van der Waals surface area contributed by atoms with Crippen LogP contribution < -0.4 is 5.32 Å². The van der Waals surface area contributed by atoms with E-state index in [1.807, 2.05) is 18.8 Å². The molecule has 0 bridgehead atoms. The van der Waals surface area contributed by atoms with E-state index < -0.39 is 0 Å². The number of hydrogen-bond acceptors (Lipinski definition) is 4. The third-order valence-electron chi connectivity index (χ3n) is 4.05. The highest BCUT2D eigenvalue weighted by Crippen LogP contribution is 2.46. The molecule has 1 atom stereocenters. The SMILES string of the molecule is CNC(C)CCCSc1nnc(C2CC2)n1C1CC1. The van der Waals surface area contributed by atoms with Gasteiger partial charge >= 0.3 is 0 Å². The monoisotopic (exact) mass is 280 g/mol. The second kappa shape index (κ2) is 5.83. The number of thioether (sulfide) groups is 1. The predicted octanol–water partition coefficient (Wildman–Crippen LogP) is 2.97. The Hall–Kier alpha value is -0.550. The standard InChI is InChI=1S/C14H24N4S/c1-10(15-2)4-3-9-19-14-17-16-13(11-5-6-11)18(14)12-7-8-12/h10-12,15H,3-9H2,1-2H3. The molecule has 1 heterocycles. The first-order valence-corrected chi connectivity index (χ1v) is 8.53. The van der Waals surface area contributed by atoms with Crippen LogP contribution in [0.5, 0.6) is 0 Å². The Kier molecular flexibility index (Phi) is 4.12. The molecule has 0 amide bonds. The van der Waals surface area contributed by atoms with Crippen molar-refractivity contribution in [3.8, 4) is 0 Å². The van der Waals surface area contributed by atoms with Crippen molar-refractivity contribution in [1.82, 2.24) is 20.1 Å². The van der Waals surface area contributed by atoms with E-state index in [2.05, 4.69) is 27.0 Å². The Labute approximate surface area is 119 Å². The topological polar surface area (TPSA) is 42.7 Å². The second-order valence-electron chi connectivity index (χ2n) is 5.90. The molecule has 106 valence electrons. The van der Waals surface area contributed by atoms with Gasteiger partial charge in [0.1, 0.15) is 5.82 Å². The molecule has 5 heteroatoms. The summed E-state index contributed by atoms with van der Waals surface area (Å²) in [4.78, 5) is 0. The molecule has 0 saturated heterocycles. The number of nitrogens with zero attached hydrogens (tertiary/aromatic N) is 3. The quantitative estimate of drug-likeness (QED) is 0.587. The van der Waals surface area contributed by atoms with Gasteiger partial charge in [-0.05, 0) is 52.5 Å². The molecule has 1 N–H and O–H groups in total. The lowest BCUT2D eigenvalue weighted by atomic mass is 10.2. The first-order valence-electron chi connectivity index (χ1n) is 7.54. The maximum atomic E-state index is 4.45. The van der Waals surface area contributed by atoms with E-state index in [1.54, 1.807) is 0 Å². The van der Waals surface area contributed by atoms with Crippen LogP contribution in [-0.4, -0.2) is 33.6 Å². The fourth-order valence-corrected chi connectivity index (χ4v) is 3.35. The van der Waals surface area contributed by atoms with Crippen LogP contribution in [0, 0.1) is 0 Å². The number of hydrogen-bond donors (Lipinski definition) is 1. The van der Waals surface area contributed by atoms with E-state index in [4.69, 9.17) is 0 Å². The number of aromatic nitrogens is 3. The Morgan fingerprint density at radius 3 is 2.74 bits per heavy atom. The summed E-state index contributed by atoms with van der Waals surface area (Å²) in [6, 6.07) is 1.33. The van der Waals surface area contributed by atoms with Gasteiger partial charge in [0.25, 0.3) is 0 Å². The lowest BCUT2D eigenvalue weighted by Crippen LogP contribution is -2.20. The average Bonchev–Trinajstić information content (AvgIpc) is 3.33. The highest BCUT2D eigenvalue weighted by molar-refractivity contribution is 7.99. The molecule has 2 fully saturated rings. The molecule has 2 aliphatic rings. The highest BCUT2D eigenvalue weighted by atomic mass is 32.2. The van der Waals surface area contributed by atoms with E-state index in [0.29, 0.717) is 18.0 Å². The average molecular weight is 280 g/mol. The first kappa shape index (κ1) is 13.4. The molecule has 2 saturated carbocycles. The normalized spacial score (nSPS) is 20.7. The molecule has 0 aromatic carbocycles. The fourth-order valence-electron chi connectivity index (χ4n) is 2.38. The van der Waals surface area contributed by atoms with Gasteiger partial charge in [0.15, 0.2) is 5.16 Å². The summed E-state index contributed by atoms with van der Waals surface area (Å²) in [7, 11) is 2.03. The van der Waals surface area contributed by atoms with Gasteiger partial charge in [-0.2, -0.15) is 0 Å². The Balaban J connectivity index is 1.55. The molecule has 1 aromatic rings. The third kappa shape index (κ3) is 3.31. The van der Waals surface area contributed by atoms with Crippen molar-refractivity contribution in [1.29, 1.82) is 0 Å². The smallest absolute Gasteiger partial charge is 0.191 e. The molecular formula is C14H24N4S. The molecule has 0 radical (unpaired) electrons. The highest BCUT2D eigenvalue weighted by Gasteiger charge is 2.36. The van der Waals surface area contributed by atoms with Gasteiger partial charge in [-0.1, -0.05) is 11.8 Å². The summed E-state index contributed by atoms with van der Waals surface area (Å²) in [5.41, 5.74) is 0. The molecular weight excluding hydrogens is 256 g/mol. The summed E-state index contributed by atoms with van der Waals surface area (Å²) in [5.74, 6) is 3.14. The lowest BCUT2D eigenvalue weighted by molar-refractivity contribution is 0.559. The maximum Gasteiger partial charge on any atom is 0.191 e. The fraction of sp³-hybridized carbons (Fsp3) is 0.857. The van der Waals surface area contributed by atoms with Crippen LogP contribution in [0.2, 0.25) is 0 Å². The summed E-state index contributed by atoms with van der Waals surface area (Å²) >= 11 is 1.90. The number of nitrogens with one attached hydrogen (secondary N) is 1. The molecule has 1 aromatic heterocycles. The molecule has 0 spiro atoms. The summed E-state index contributed by atoms with van der Waals surface area (Å²) in [6.45, 7) is 2.24. The van der Waals surface area contributed by atoms with Gasteiger partial charge in [0, 0.05) is 23.8 Å². The van der Waals surface area contributed by atoms with Crippen LogP contribution in [0.4, 0.5) is 0 Å². The van der Waals surface area contributed by atoms with E-state index in [1.165, 1.54) is 49.5 Å². The van der Waals surface area contributed by atoms with Crippen molar-refractivity contribution < 1.29 is 0 Å². The van der Waals surface area contributed by atoms with Gasteiger partial charge in [0.2, 0.25) is 0 Å². The van der Waals surface area contributed by atoms with Crippen molar-refractivity contribution in [2.75, 3.05) is 12.8 Å². The molecule has 2 aliphatic carbocycles. The van der Waals surface area contributed by atoms with Gasteiger partial charge in [-0.3, -0.25) is 0 Å². The van der Waals surface area contributed by atoms with Crippen molar-refractivity contribution in [3.05, 3.63) is 5.82 Å². The zero-order chi connectivity index (χ0) is 13.2. The Morgan fingerprint density at radius 2 is 2.11 bits per heavy atom. The van der Waals surface area contributed by atoms with E-state index >= 15 is 0 Å². The number of rotatable bonds is 8. The first-order chi connectivity index (χ1) is 9.29. The summed E-state index contributed by atoms with van der Waals surface area (Å²) in [5, 5.41) is 13.3. The van der Waals surface area contributed by atoms with E-state index in [0.717, 1.165) is 5.75 Å². The van der Waals surface area contributed by atoms with Crippen LogP contribution in [0.3, 0.4) is 0 Å². The molecule has 4 nitrogen and oxygen atoms in total. The lowest BCUT2D eigenvalue weighted by Gasteiger charge is -2.10. The van der Waals surface area contributed by atoms with Crippen LogP contribution in [0.25, 0.3) is 0 Å². The summed E-state index contributed by atoms with van der Waals surface area (Å²) in [6.07, 6.45) is 7.74. The van der Waals surface area contributed by atoms with Gasteiger partial charge < -0.3 is 9.88 Å². The molecule has 3 rings (SSSR count).